The van der Waals surface area contributed by atoms with Crippen LogP contribution in [0.1, 0.15) is 30.3 Å². The van der Waals surface area contributed by atoms with Crippen LogP contribution in [-0.2, 0) is 13.6 Å². The molecular weight excluding hydrogens is 252 g/mol. The van der Waals surface area contributed by atoms with Gasteiger partial charge in [-0.2, -0.15) is 5.10 Å². The van der Waals surface area contributed by atoms with Gasteiger partial charge in [0.1, 0.15) is 17.9 Å². The third-order valence-corrected chi connectivity index (χ3v) is 4.01. The number of aromatic nitrogens is 3. The van der Waals surface area contributed by atoms with Crippen LogP contribution in [0.3, 0.4) is 0 Å². The molecular formula is C15H20N4O. The Hall–Kier alpha value is -1.88. The van der Waals surface area contributed by atoms with Gasteiger partial charge < -0.3 is 4.74 Å². The molecule has 5 heteroatoms. The van der Waals surface area contributed by atoms with Crippen LogP contribution in [0.15, 0.2) is 30.6 Å². The third-order valence-electron chi connectivity index (χ3n) is 4.01. The topological polar surface area (TPSA) is 43.2 Å². The van der Waals surface area contributed by atoms with Gasteiger partial charge >= 0.3 is 0 Å². The van der Waals surface area contributed by atoms with E-state index < -0.39 is 0 Å². The predicted molar refractivity (Wildman–Crippen MR) is 76.4 cm³/mol. The smallest absolute Gasteiger partial charge is 0.140 e. The van der Waals surface area contributed by atoms with E-state index in [1.54, 1.807) is 13.4 Å². The number of likely N-dealkylation sites (tertiary alicyclic amines) is 1. The Labute approximate surface area is 119 Å². The van der Waals surface area contributed by atoms with Gasteiger partial charge in [-0.1, -0.05) is 12.1 Å². The molecule has 3 rings (SSSR count). The van der Waals surface area contributed by atoms with Gasteiger partial charge in [-0.05, 0) is 37.1 Å². The van der Waals surface area contributed by atoms with E-state index in [1.807, 2.05) is 23.9 Å². The van der Waals surface area contributed by atoms with Gasteiger partial charge in [0, 0.05) is 13.1 Å². The van der Waals surface area contributed by atoms with Gasteiger partial charge in [-0.25, -0.2) is 4.98 Å². The Morgan fingerprint density at radius 2 is 2.10 bits per heavy atom. The lowest BCUT2D eigenvalue weighted by molar-refractivity contribution is 0.238. The molecule has 20 heavy (non-hydrogen) atoms. The highest BCUT2D eigenvalue weighted by molar-refractivity contribution is 5.29. The van der Waals surface area contributed by atoms with E-state index in [4.69, 9.17) is 4.74 Å². The molecule has 1 aliphatic rings. The molecule has 1 saturated heterocycles. The maximum absolute atomic E-state index is 5.22. The van der Waals surface area contributed by atoms with E-state index in [2.05, 4.69) is 27.1 Å². The lowest BCUT2D eigenvalue weighted by Crippen LogP contribution is -2.24. The van der Waals surface area contributed by atoms with E-state index in [9.17, 15) is 0 Å². The summed E-state index contributed by atoms with van der Waals surface area (Å²) in [6.45, 7) is 1.97. The first-order valence-electron chi connectivity index (χ1n) is 6.99. The number of hydrogen-bond acceptors (Lipinski definition) is 4. The minimum absolute atomic E-state index is 0.470. The molecule has 0 spiro atoms. The second kappa shape index (κ2) is 5.63. The van der Waals surface area contributed by atoms with Gasteiger partial charge in [-0.3, -0.25) is 9.58 Å². The molecule has 106 valence electrons. The summed E-state index contributed by atoms with van der Waals surface area (Å²) in [5, 5.41) is 4.14. The highest BCUT2D eigenvalue weighted by Crippen LogP contribution is 2.33. The fraction of sp³-hybridized carbons (Fsp3) is 0.467. The second-order valence-corrected chi connectivity index (χ2v) is 5.20. The van der Waals surface area contributed by atoms with Gasteiger partial charge in [-0.15, -0.1) is 0 Å². The first-order valence-corrected chi connectivity index (χ1v) is 6.99. The van der Waals surface area contributed by atoms with Crippen LogP contribution in [0.2, 0.25) is 0 Å². The molecule has 2 aromatic rings. The highest BCUT2D eigenvalue weighted by atomic mass is 16.5. The van der Waals surface area contributed by atoms with Crippen molar-refractivity contribution < 1.29 is 4.74 Å². The lowest BCUT2D eigenvalue weighted by Gasteiger charge is -2.24. The number of aryl methyl sites for hydroxylation is 1. The summed E-state index contributed by atoms with van der Waals surface area (Å²) in [6.07, 6.45) is 4.05. The van der Waals surface area contributed by atoms with Crippen LogP contribution in [0.5, 0.6) is 5.75 Å². The summed E-state index contributed by atoms with van der Waals surface area (Å²) in [4.78, 5) is 6.80. The molecule has 1 aliphatic heterocycles. The largest absolute Gasteiger partial charge is 0.497 e. The van der Waals surface area contributed by atoms with Crippen molar-refractivity contribution in [2.75, 3.05) is 13.7 Å². The molecule has 0 N–H and O–H groups in total. The Kier molecular flexibility index (Phi) is 3.69. The molecule has 0 aliphatic carbocycles. The van der Waals surface area contributed by atoms with E-state index in [0.717, 1.165) is 24.7 Å². The summed E-state index contributed by atoms with van der Waals surface area (Å²) in [5.41, 5.74) is 1.35. The highest BCUT2D eigenvalue weighted by Gasteiger charge is 2.26. The molecule has 1 aromatic carbocycles. The SMILES string of the molecule is COc1ccc(C2CCCN2Cc2ncnn2C)cc1. The average molecular weight is 272 g/mol. The maximum atomic E-state index is 5.22. The minimum atomic E-state index is 0.470. The molecule has 0 amide bonds. The van der Waals surface area contributed by atoms with E-state index in [-0.39, 0.29) is 0 Å². The number of ether oxygens (including phenoxy) is 1. The van der Waals surface area contributed by atoms with Crippen molar-refractivity contribution in [3.8, 4) is 5.75 Å². The Bertz CT molecular complexity index is 564. The van der Waals surface area contributed by atoms with E-state index >= 15 is 0 Å². The summed E-state index contributed by atoms with van der Waals surface area (Å²) in [6, 6.07) is 8.87. The van der Waals surface area contributed by atoms with Gasteiger partial charge in [0.25, 0.3) is 0 Å². The second-order valence-electron chi connectivity index (χ2n) is 5.20. The molecule has 1 atom stereocenters. The number of nitrogens with zero attached hydrogens (tertiary/aromatic N) is 4. The monoisotopic (exact) mass is 272 g/mol. The Morgan fingerprint density at radius 3 is 2.75 bits per heavy atom. The Balaban J connectivity index is 1.76. The number of benzene rings is 1. The quantitative estimate of drug-likeness (QED) is 0.855. The van der Waals surface area contributed by atoms with Crippen molar-refractivity contribution in [2.24, 2.45) is 7.05 Å². The lowest BCUT2D eigenvalue weighted by atomic mass is 10.0. The first-order chi connectivity index (χ1) is 9.78. The summed E-state index contributed by atoms with van der Waals surface area (Å²) in [5.74, 6) is 1.93. The van der Waals surface area contributed by atoms with Gasteiger partial charge in [0.05, 0.1) is 13.7 Å². The summed E-state index contributed by atoms with van der Waals surface area (Å²) >= 11 is 0. The Morgan fingerprint density at radius 1 is 1.30 bits per heavy atom. The van der Waals surface area contributed by atoms with E-state index in [1.165, 1.54) is 18.4 Å². The van der Waals surface area contributed by atoms with Crippen LogP contribution >= 0.6 is 0 Å². The van der Waals surface area contributed by atoms with Crippen molar-refractivity contribution in [3.63, 3.8) is 0 Å². The van der Waals surface area contributed by atoms with Crippen molar-refractivity contribution in [3.05, 3.63) is 42.0 Å². The average Bonchev–Trinajstić information content (AvgIpc) is 3.09. The number of hydrogen-bond donors (Lipinski definition) is 0. The van der Waals surface area contributed by atoms with Crippen LogP contribution in [0.25, 0.3) is 0 Å². The van der Waals surface area contributed by atoms with Gasteiger partial charge in [0.15, 0.2) is 0 Å². The normalized spacial score (nSPS) is 19.4. The third kappa shape index (κ3) is 2.54. The first kappa shape index (κ1) is 13.1. The molecule has 5 nitrogen and oxygen atoms in total. The van der Waals surface area contributed by atoms with Crippen LogP contribution < -0.4 is 4.74 Å². The van der Waals surface area contributed by atoms with Crippen LogP contribution in [0.4, 0.5) is 0 Å². The van der Waals surface area contributed by atoms with Crippen molar-refractivity contribution in [1.29, 1.82) is 0 Å². The molecule has 0 radical (unpaired) electrons. The molecule has 0 bridgehead atoms. The molecule has 1 aromatic heterocycles. The van der Waals surface area contributed by atoms with Gasteiger partial charge in [0.2, 0.25) is 0 Å². The zero-order valence-electron chi connectivity index (χ0n) is 12.0. The number of methoxy groups -OCH3 is 1. The molecule has 0 saturated carbocycles. The fourth-order valence-corrected chi connectivity index (χ4v) is 2.86. The van der Waals surface area contributed by atoms with Crippen molar-refractivity contribution in [1.82, 2.24) is 19.7 Å². The molecule has 1 fully saturated rings. The molecule has 1 unspecified atom stereocenters. The van der Waals surface area contributed by atoms with E-state index in [0.29, 0.717) is 6.04 Å². The zero-order valence-corrected chi connectivity index (χ0v) is 12.0. The van der Waals surface area contributed by atoms with Crippen molar-refractivity contribution in [2.45, 2.75) is 25.4 Å². The maximum Gasteiger partial charge on any atom is 0.140 e. The van der Waals surface area contributed by atoms with Crippen molar-refractivity contribution >= 4 is 0 Å². The number of rotatable bonds is 4. The summed E-state index contributed by atoms with van der Waals surface area (Å²) < 4.78 is 7.08. The van der Waals surface area contributed by atoms with Crippen LogP contribution in [-0.4, -0.2) is 33.3 Å². The minimum Gasteiger partial charge on any atom is -0.497 e. The van der Waals surface area contributed by atoms with Crippen LogP contribution in [0, 0.1) is 0 Å². The zero-order chi connectivity index (χ0) is 13.9. The molecule has 2 heterocycles. The predicted octanol–water partition coefficient (Wildman–Crippen LogP) is 2.16. The fourth-order valence-electron chi connectivity index (χ4n) is 2.86. The summed E-state index contributed by atoms with van der Waals surface area (Å²) in [7, 11) is 3.64. The standard InChI is InChI=1S/C15H20N4O/c1-18-15(16-11-17-18)10-19-9-3-4-14(19)12-5-7-13(20-2)8-6-12/h5-8,11,14H,3-4,9-10H2,1-2H3.